The number of urea groups is 1. The topological polar surface area (TPSA) is 79.0 Å². The van der Waals surface area contributed by atoms with E-state index < -0.39 is 0 Å². The molecule has 7 nitrogen and oxygen atoms in total. The summed E-state index contributed by atoms with van der Waals surface area (Å²) in [6.45, 7) is 3.62. The van der Waals surface area contributed by atoms with Gasteiger partial charge in [0.05, 0.1) is 18.6 Å². The van der Waals surface area contributed by atoms with Gasteiger partial charge in [-0.2, -0.15) is 0 Å². The van der Waals surface area contributed by atoms with Crippen LogP contribution in [0.15, 0.2) is 24.3 Å². The Morgan fingerprint density at radius 3 is 2.52 bits per heavy atom. The minimum absolute atomic E-state index is 0.0244. The number of piperidine rings is 1. The van der Waals surface area contributed by atoms with Crippen LogP contribution in [0.1, 0.15) is 26.2 Å². The molecule has 0 spiro atoms. The lowest BCUT2D eigenvalue weighted by molar-refractivity contribution is -0.149. The summed E-state index contributed by atoms with van der Waals surface area (Å²) in [6, 6.07) is 6.65. The van der Waals surface area contributed by atoms with Gasteiger partial charge in [-0.05, 0) is 44.0 Å². The molecule has 2 heterocycles. The van der Waals surface area contributed by atoms with E-state index in [-0.39, 0.29) is 36.3 Å². The Morgan fingerprint density at radius 2 is 1.89 bits per heavy atom. The molecule has 146 valence electrons. The van der Waals surface area contributed by atoms with E-state index in [1.54, 1.807) is 41.0 Å². The molecule has 2 aliphatic rings. The van der Waals surface area contributed by atoms with Crippen LogP contribution in [0.5, 0.6) is 0 Å². The zero-order valence-electron chi connectivity index (χ0n) is 15.3. The number of anilines is 1. The molecule has 0 radical (unpaired) electrons. The number of nitrogens with zero attached hydrogens (tertiary/aromatic N) is 2. The number of hydrogen-bond acceptors (Lipinski definition) is 4. The first kappa shape index (κ1) is 19.5. The molecule has 0 aliphatic carbocycles. The molecule has 3 rings (SSSR count). The Labute approximate surface area is 163 Å². The fourth-order valence-corrected chi connectivity index (χ4v) is 3.65. The van der Waals surface area contributed by atoms with Crippen molar-refractivity contribution in [1.29, 1.82) is 0 Å². The normalized spacial score (nSPS) is 20.7. The van der Waals surface area contributed by atoms with Gasteiger partial charge in [-0.1, -0.05) is 11.6 Å². The van der Waals surface area contributed by atoms with Crippen molar-refractivity contribution in [3.63, 3.8) is 0 Å². The van der Waals surface area contributed by atoms with E-state index >= 15 is 0 Å². The predicted molar refractivity (Wildman–Crippen MR) is 102 cm³/mol. The quantitative estimate of drug-likeness (QED) is 0.797. The highest BCUT2D eigenvalue weighted by molar-refractivity contribution is 6.30. The molecule has 1 N–H and O–H groups in total. The minimum Gasteiger partial charge on any atom is -0.466 e. The average molecular weight is 394 g/mol. The number of carbonyl (C=O) groups is 3. The zero-order valence-corrected chi connectivity index (χ0v) is 16.1. The smallest absolute Gasteiger partial charge is 0.317 e. The Bertz CT molecular complexity index is 701. The first-order valence-electron chi connectivity index (χ1n) is 9.26. The summed E-state index contributed by atoms with van der Waals surface area (Å²) in [5.74, 6) is -0.344. The van der Waals surface area contributed by atoms with Crippen molar-refractivity contribution in [2.45, 2.75) is 32.2 Å². The number of nitrogens with one attached hydrogen (secondary N) is 1. The molecule has 2 fully saturated rings. The fourth-order valence-electron chi connectivity index (χ4n) is 3.52. The molecular formula is C19H24ClN3O4. The molecule has 0 saturated carbocycles. The number of carbonyl (C=O) groups excluding carboxylic acids is 3. The number of halogens is 1. The second kappa shape index (κ2) is 8.61. The summed E-state index contributed by atoms with van der Waals surface area (Å²) in [7, 11) is 0. The van der Waals surface area contributed by atoms with E-state index in [0.717, 1.165) is 5.69 Å². The van der Waals surface area contributed by atoms with Gasteiger partial charge in [-0.3, -0.25) is 9.59 Å². The molecule has 1 atom stereocenters. The highest BCUT2D eigenvalue weighted by atomic mass is 35.5. The van der Waals surface area contributed by atoms with Crippen LogP contribution in [0, 0.1) is 5.92 Å². The number of ether oxygens (including phenoxy) is 1. The molecule has 2 saturated heterocycles. The van der Waals surface area contributed by atoms with Crippen LogP contribution in [-0.2, 0) is 14.3 Å². The first-order chi connectivity index (χ1) is 13.0. The van der Waals surface area contributed by atoms with Crippen molar-refractivity contribution in [1.82, 2.24) is 10.2 Å². The van der Waals surface area contributed by atoms with E-state index in [1.807, 2.05) is 0 Å². The Hall–Kier alpha value is -2.28. The van der Waals surface area contributed by atoms with Gasteiger partial charge < -0.3 is 19.9 Å². The average Bonchev–Trinajstić information content (AvgIpc) is 3.02. The SMILES string of the molecule is CCOC(=O)C1CCN(C(=O)N[C@H]2CC(=O)N(c3ccc(Cl)cc3)C2)CC1. The van der Waals surface area contributed by atoms with Crippen molar-refractivity contribution in [2.75, 3.05) is 31.1 Å². The molecule has 8 heteroatoms. The molecule has 1 aromatic rings. The van der Waals surface area contributed by atoms with Crippen LogP contribution in [0.2, 0.25) is 5.02 Å². The summed E-state index contributed by atoms with van der Waals surface area (Å²) < 4.78 is 5.05. The third kappa shape index (κ3) is 4.71. The first-order valence-corrected chi connectivity index (χ1v) is 9.63. The Balaban J connectivity index is 1.50. The number of hydrogen-bond donors (Lipinski definition) is 1. The van der Waals surface area contributed by atoms with Gasteiger partial charge in [-0.25, -0.2) is 4.79 Å². The maximum atomic E-state index is 12.5. The van der Waals surface area contributed by atoms with Crippen LogP contribution in [0.4, 0.5) is 10.5 Å². The lowest BCUT2D eigenvalue weighted by atomic mass is 9.97. The van der Waals surface area contributed by atoms with Crippen molar-refractivity contribution in [2.24, 2.45) is 5.92 Å². The zero-order chi connectivity index (χ0) is 19.4. The summed E-state index contributed by atoms with van der Waals surface area (Å²) in [5.41, 5.74) is 0.774. The third-order valence-electron chi connectivity index (χ3n) is 4.99. The van der Waals surface area contributed by atoms with Gasteiger partial charge in [0.1, 0.15) is 0 Å². The van der Waals surface area contributed by atoms with Gasteiger partial charge >= 0.3 is 12.0 Å². The summed E-state index contributed by atoms with van der Waals surface area (Å²) in [4.78, 5) is 39.9. The second-order valence-electron chi connectivity index (χ2n) is 6.84. The van der Waals surface area contributed by atoms with Crippen LogP contribution < -0.4 is 10.2 Å². The fraction of sp³-hybridized carbons (Fsp3) is 0.526. The maximum absolute atomic E-state index is 12.5. The van der Waals surface area contributed by atoms with Crippen LogP contribution in [0.3, 0.4) is 0 Å². The van der Waals surface area contributed by atoms with Crippen molar-refractivity contribution < 1.29 is 19.1 Å². The van der Waals surface area contributed by atoms with Crippen molar-refractivity contribution in [3.05, 3.63) is 29.3 Å². The predicted octanol–water partition coefficient (Wildman–Crippen LogP) is 2.43. The summed E-state index contributed by atoms with van der Waals surface area (Å²) in [5, 5.41) is 3.55. The number of likely N-dealkylation sites (tertiary alicyclic amines) is 1. The minimum atomic E-state index is -0.233. The number of rotatable bonds is 4. The Morgan fingerprint density at radius 1 is 1.22 bits per heavy atom. The van der Waals surface area contributed by atoms with Gasteiger partial charge in [0.25, 0.3) is 0 Å². The number of esters is 1. The van der Waals surface area contributed by atoms with Crippen LogP contribution in [-0.4, -0.2) is 55.1 Å². The van der Waals surface area contributed by atoms with Gasteiger partial charge in [0.2, 0.25) is 5.91 Å². The lowest BCUT2D eigenvalue weighted by Gasteiger charge is -2.31. The molecule has 27 heavy (non-hydrogen) atoms. The molecular weight excluding hydrogens is 370 g/mol. The molecule has 0 unspecified atom stereocenters. The summed E-state index contributed by atoms with van der Waals surface area (Å²) in [6.07, 6.45) is 1.48. The second-order valence-corrected chi connectivity index (χ2v) is 7.28. The highest BCUT2D eigenvalue weighted by Gasteiger charge is 2.34. The van der Waals surface area contributed by atoms with Gasteiger partial charge in [-0.15, -0.1) is 0 Å². The van der Waals surface area contributed by atoms with Crippen molar-refractivity contribution >= 4 is 35.2 Å². The van der Waals surface area contributed by atoms with Crippen LogP contribution >= 0.6 is 11.6 Å². The van der Waals surface area contributed by atoms with E-state index in [1.165, 1.54) is 0 Å². The van der Waals surface area contributed by atoms with Crippen molar-refractivity contribution in [3.8, 4) is 0 Å². The molecule has 3 amide bonds. The van der Waals surface area contributed by atoms with E-state index in [9.17, 15) is 14.4 Å². The summed E-state index contributed by atoms with van der Waals surface area (Å²) >= 11 is 5.89. The van der Waals surface area contributed by atoms with Gasteiger partial charge in [0, 0.05) is 36.8 Å². The standard InChI is InChI=1S/C19H24ClN3O4/c1-2-27-18(25)13-7-9-22(10-8-13)19(26)21-15-11-17(24)23(12-15)16-5-3-14(20)4-6-16/h3-6,13,15H,2,7-12H2,1H3,(H,21,26)/t15-/m0/s1. The molecule has 0 aromatic heterocycles. The van der Waals surface area contributed by atoms with E-state index in [0.29, 0.717) is 44.1 Å². The maximum Gasteiger partial charge on any atom is 0.317 e. The van der Waals surface area contributed by atoms with Crippen LogP contribution in [0.25, 0.3) is 0 Å². The number of amides is 3. The molecule has 1 aromatic carbocycles. The Kier molecular flexibility index (Phi) is 6.21. The van der Waals surface area contributed by atoms with E-state index in [4.69, 9.17) is 16.3 Å². The molecule has 0 bridgehead atoms. The third-order valence-corrected chi connectivity index (χ3v) is 5.25. The monoisotopic (exact) mass is 393 g/mol. The number of benzene rings is 1. The lowest BCUT2D eigenvalue weighted by Crippen LogP contribution is -2.49. The molecule has 2 aliphatic heterocycles. The van der Waals surface area contributed by atoms with E-state index in [2.05, 4.69) is 5.32 Å². The highest BCUT2D eigenvalue weighted by Crippen LogP contribution is 2.24. The largest absolute Gasteiger partial charge is 0.466 e. The van der Waals surface area contributed by atoms with Gasteiger partial charge in [0.15, 0.2) is 0 Å².